The molecule has 0 bridgehead atoms. The van der Waals surface area contributed by atoms with Gasteiger partial charge in [-0.05, 0) is 44.6 Å². The van der Waals surface area contributed by atoms with Crippen LogP contribution in [0.1, 0.15) is 31.4 Å². The minimum Gasteiger partial charge on any atom is -0.463 e. The van der Waals surface area contributed by atoms with Gasteiger partial charge in [-0.25, -0.2) is 4.98 Å². The van der Waals surface area contributed by atoms with E-state index in [1.807, 2.05) is 24.3 Å². The summed E-state index contributed by atoms with van der Waals surface area (Å²) in [6.45, 7) is 5.59. The van der Waals surface area contributed by atoms with Gasteiger partial charge in [0.05, 0.1) is 6.26 Å². The molecule has 1 aliphatic rings. The van der Waals surface area contributed by atoms with E-state index < -0.39 is 0 Å². The van der Waals surface area contributed by atoms with Gasteiger partial charge in [0.2, 0.25) is 0 Å². The van der Waals surface area contributed by atoms with Gasteiger partial charge in [-0.3, -0.25) is 0 Å². The molecule has 1 fully saturated rings. The lowest BCUT2D eigenvalue weighted by Crippen LogP contribution is -2.32. The Morgan fingerprint density at radius 2 is 2.13 bits per heavy atom. The molecule has 120 valence electrons. The molecule has 3 aromatic rings. The zero-order valence-electron chi connectivity index (χ0n) is 13.3. The lowest BCUT2D eigenvalue weighted by Gasteiger charge is -2.30. The average molecular weight is 311 g/mol. The van der Waals surface area contributed by atoms with E-state index >= 15 is 0 Å². The van der Waals surface area contributed by atoms with Crippen molar-refractivity contribution in [2.24, 2.45) is 0 Å². The fourth-order valence-corrected chi connectivity index (χ4v) is 3.32. The summed E-state index contributed by atoms with van der Waals surface area (Å²) >= 11 is 0. The van der Waals surface area contributed by atoms with Crippen molar-refractivity contribution >= 4 is 11.5 Å². The summed E-state index contributed by atoms with van der Waals surface area (Å²) in [7, 11) is 0. The molecule has 4 heterocycles. The number of nitrogen functional groups attached to an aromatic ring is 1. The van der Waals surface area contributed by atoms with Gasteiger partial charge in [0.25, 0.3) is 0 Å². The number of fused-ring (bicyclic) bond motifs is 1. The number of rotatable bonds is 3. The molecule has 3 aromatic heterocycles. The number of nitrogens with two attached hydrogens (primary N) is 1. The third kappa shape index (κ3) is 2.59. The van der Waals surface area contributed by atoms with Crippen LogP contribution in [0.25, 0.3) is 17.1 Å². The first-order valence-corrected chi connectivity index (χ1v) is 8.17. The van der Waals surface area contributed by atoms with Gasteiger partial charge in [-0.1, -0.05) is 6.92 Å². The largest absolute Gasteiger partial charge is 0.463 e. The summed E-state index contributed by atoms with van der Waals surface area (Å²) in [5, 5.41) is 4.49. The molecule has 1 saturated heterocycles. The first kappa shape index (κ1) is 14.3. The Morgan fingerprint density at radius 3 is 2.83 bits per heavy atom. The number of aromatic nitrogens is 3. The van der Waals surface area contributed by atoms with Gasteiger partial charge in [0, 0.05) is 23.7 Å². The molecule has 0 amide bonds. The summed E-state index contributed by atoms with van der Waals surface area (Å²) < 4.78 is 7.09. The predicted molar refractivity (Wildman–Crippen MR) is 89.2 cm³/mol. The molecule has 0 aliphatic carbocycles. The molecular formula is C17H21N5O. The molecule has 23 heavy (non-hydrogen) atoms. The van der Waals surface area contributed by atoms with Crippen LogP contribution >= 0.6 is 0 Å². The van der Waals surface area contributed by atoms with Crippen molar-refractivity contribution in [3.8, 4) is 11.5 Å². The predicted octanol–water partition coefficient (Wildman–Crippen LogP) is 2.77. The topological polar surface area (TPSA) is 72.6 Å². The summed E-state index contributed by atoms with van der Waals surface area (Å²) in [4.78, 5) is 7.28. The number of nitrogens with zero attached hydrogens (tertiary/aromatic N) is 4. The Morgan fingerprint density at radius 1 is 1.30 bits per heavy atom. The van der Waals surface area contributed by atoms with Crippen LogP contribution < -0.4 is 5.73 Å². The van der Waals surface area contributed by atoms with Crippen molar-refractivity contribution in [2.45, 2.75) is 25.7 Å². The van der Waals surface area contributed by atoms with Crippen molar-refractivity contribution in [1.29, 1.82) is 0 Å². The van der Waals surface area contributed by atoms with Gasteiger partial charge < -0.3 is 15.1 Å². The summed E-state index contributed by atoms with van der Waals surface area (Å²) in [6.07, 6.45) is 3.91. The maximum Gasteiger partial charge on any atom is 0.158 e. The lowest BCUT2D eigenvalue weighted by molar-refractivity contribution is 0.221. The Labute approximate surface area is 134 Å². The number of hydrogen-bond donors (Lipinski definition) is 1. The van der Waals surface area contributed by atoms with E-state index in [-0.39, 0.29) is 0 Å². The molecule has 0 atom stereocenters. The van der Waals surface area contributed by atoms with Crippen molar-refractivity contribution in [3.63, 3.8) is 0 Å². The van der Waals surface area contributed by atoms with Crippen LogP contribution in [0.15, 0.2) is 34.9 Å². The van der Waals surface area contributed by atoms with Crippen LogP contribution in [0.2, 0.25) is 0 Å². The molecule has 1 aliphatic heterocycles. The number of piperidine rings is 1. The third-order valence-corrected chi connectivity index (χ3v) is 4.70. The second-order valence-electron chi connectivity index (χ2n) is 6.09. The Bertz CT molecular complexity index is 800. The second kappa shape index (κ2) is 5.70. The number of furan rings is 1. The summed E-state index contributed by atoms with van der Waals surface area (Å²) in [5.74, 6) is 1.83. The number of anilines is 1. The molecule has 0 aromatic carbocycles. The first-order valence-electron chi connectivity index (χ1n) is 8.17. The Hall–Kier alpha value is -2.34. The van der Waals surface area contributed by atoms with Crippen molar-refractivity contribution in [1.82, 2.24) is 19.5 Å². The zero-order chi connectivity index (χ0) is 15.8. The minimum atomic E-state index is 0.479. The molecular weight excluding hydrogens is 290 g/mol. The number of likely N-dealkylation sites (tertiary alicyclic amines) is 1. The van der Waals surface area contributed by atoms with Crippen LogP contribution in [-0.2, 0) is 0 Å². The van der Waals surface area contributed by atoms with Gasteiger partial charge in [-0.15, -0.1) is 0 Å². The quantitative estimate of drug-likeness (QED) is 0.805. The lowest BCUT2D eigenvalue weighted by atomic mass is 9.93. The van der Waals surface area contributed by atoms with Crippen molar-refractivity contribution in [3.05, 3.63) is 36.2 Å². The minimum absolute atomic E-state index is 0.479. The standard InChI is InChI=1S/C17H21N5O/c1-2-21-7-5-12(6-8-21)13-10-16(18)22-17(19-13)11-14(20-22)15-4-3-9-23-15/h3-4,9-12H,2,5-8,18H2,1H3. The molecule has 0 unspecified atom stereocenters. The summed E-state index contributed by atoms with van der Waals surface area (Å²) in [6, 6.07) is 7.64. The van der Waals surface area contributed by atoms with Gasteiger partial charge in [0.1, 0.15) is 11.5 Å². The van der Waals surface area contributed by atoms with E-state index in [4.69, 9.17) is 15.1 Å². The monoisotopic (exact) mass is 311 g/mol. The normalized spacial score (nSPS) is 17.1. The molecule has 0 spiro atoms. The van der Waals surface area contributed by atoms with E-state index in [9.17, 15) is 0 Å². The molecule has 6 nitrogen and oxygen atoms in total. The molecule has 0 radical (unpaired) electrons. The van der Waals surface area contributed by atoms with Crippen molar-refractivity contribution in [2.75, 3.05) is 25.4 Å². The first-order chi connectivity index (χ1) is 11.2. The SMILES string of the molecule is CCN1CCC(c2cc(N)n3nc(-c4ccco4)cc3n2)CC1. The average Bonchev–Trinajstić information content (AvgIpc) is 3.24. The second-order valence-corrected chi connectivity index (χ2v) is 6.09. The highest BCUT2D eigenvalue weighted by atomic mass is 16.3. The van der Waals surface area contributed by atoms with Gasteiger partial charge in [0.15, 0.2) is 11.4 Å². The molecule has 2 N–H and O–H groups in total. The van der Waals surface area contributed by atoms with Crippen LogP contribution in [0.5, 0.6) is 0 Å². The van der Waals surface area contributed by atoms with Crippen molar-refractivity contribution < 1.29 is 4.42 Å². The van der Waals surface area contributed by atoms with E-state index in [0.29, 0.717) is 11.7 Å². The van der Waals surface area contributed by atoms with E-state index in [2.05, 4.69) is 16.9 Å². The fourth-order valence-electron chi connectivity index (χ4n) is 3.32. The molecule has 4 rings (SSSR count). The highest BCUT2D eigenvalue weighted by Crippen LogP contribution is 2.29. The Kier molecular flexibility index (Phi) is 3.53. The maximum absolute atomic E-state index is 6.20. The maximum atomic E-state index is 6.20. The van der Waals surface area contributed by atoms with E-state index in [1.54, 1.807) is 10.8 Å². The van der Waals surface area contributed by atoms with Crippen LogP contribution in [0.3, 0.4) is 0 Å². The van der Waals surface area contributed by atoms with Crippen LogP contribution in [-0.4, -0.2) is 39.1 Å². The molecule has 0 saturated carbocycles. The van der Waals surface area contributed by atoms with Crippen LogP contribution in [0, 0.1) is 0 Å². The smallest absolute Gasteiger partial charge is 0.158 e. The van der Waals surface area contributed by atoms with Crippen LogP contribution in [0.4, 0.5) is 5.82 Å². The van der Waals surface area contributed by atoms with E-state index in [1.165, 1.54) is 0 Å². The highest BCUT2D eigenvalue weighted by molar-refractivity contribution is 5.61. The molecule has 6 heteroatoms. The highest BCUT2D eigenvalue weighted by Gasteiger charge is 2.22. The van der Waals surface area contributed by atoms with Gasteiger partial charge >= 0.3 is 0 Å². The van der Waals surface area contributed by atoms with Gasteiger partial charge in [-0.2, -0.15) is 9.61 Å². The third-order valence-electron chi connectivity index (χ3n) is 4.70. The fraction of sp³-hybridized carbons (Fsp3) is 0.412. The van der Waals surface area contributed by atoms with E-state index in [0.717, 1.165) is 55.3 Å². The zero-order valence-corrected chi connectivity index (χ0v) is 13.3. The Balaban J connectivity index is 1.67. The summed E-state index contributed by atoms with van der Waals surface area (Å²) in [5.41, 5.74) is 8.82. The number of hydrogen-bond acceptors (Lipinski definition) is 5.